The molecule has 1 rings (SSSR count). The minimum absolute atomic E-state index is 0.0192. The molecular formula is C8H13N3O3. The summed E-state index contributed by atoms with van der Waals surface area (Å²) in [4.78, 5) is 10.0. The summed E-state index contributed by atoms with van der Waals surface area (Å²) in [6.07, 6.45) is 1.20. The lowest BCUT2D eigenvalue weighted by molar-refractivity contribution is -0.385. The van der Waals surface area contributed by atoms with Gasteiger partial charge >= 0.3 is 5.69 Å². The fourth-order valence-electron chi connectivity index (χ4n) is 1.14. The van der Waals surface area contributed by atoms with Crippen molar-refractivity contribution in [2.75, 3.05) is 0 Å². The van der Waals surface area contributed by atoms with Crippen LogP contribution in [0.2, 0.25) is 0 Å². The second kappa shape index (κ2) is 3.38. The first-order valence-corrected chi connectivity index (χ1v) is 4.20. The molecule has 0 unspecified atom stereocenters. The standard InChI is InChI=1S/C8H13N3O3/c1-6-7(11(13)14)4-9-10(6)5-8(2,3)12/h4,12H,5H2,1-3H3. The lowest BCUT2D eigenvalue weighted by atomic mass is 10.1. The topological polar surface area (TPSA) is 81.2 Å². The summed E-state index contributed by atoms with van der Waals surface area (Å²) in [6.45, 7) is 5.10. The molecule has 1 heterocycles. The molecule has 0 spiro atoms. The van der Waals surface area contributed by atoms with Crippen molar-refractivity contribution in [2.45, 2.75) is 32.9 Å². The first-order chi connectivity index (χ1) is 6.31. The molecule has 0 bridgehead atoms. The Morgan fingerprint density at radius 1 is 1.71 bits per heavy atom. The number of nitro groups is 1. The number of rotatable bonds is 3. The van der Waals surface area contributed by atoms with E-state index in [4.69, 9.17) is 0 Å². The van der Waals surface area contributed by atoms with E-state index < -0.39 is 10.5 Å². The van der Waals surface area contributed by atoms with Crippen LogP contribution in [0.15, 0.2) is 6.20 Å². The van der Waals surface area contributed by atoms with Crippen molar-refractivity contribution in [1.82, 2.24) is 9.78 Å². The minimum atomic E-state index is -0.926. The van der Waals surface area contributed by atoms with Crippen molar-refractivity contribution in [3.63, 3.8) is 0 Å². The molecule has 6 nitrogen and oxygen atoms in total. The predicted octanol–water partition coefficient (Wildman–Crippen LogP) is 0.871. The van der Waals surface area contributed by atoms with E-state index in [1.807, 2.05) is 0 Å². The summed E-state index contributed by atoms with van der Waals surface area (Å²) in [5, 5.41) is 23.8. The fourth-order valence-corrected chi connectivity index (χ4v) is 1.14. The highest BCUT2D eigenvalue weighted by atomic mass is 16.6. The summed E-state index contributed by atoms with van der Waals surface area (Å²) in [5.74, 6) is 0. The third-order valence-corrected chi connectivity index (χ3v) is 1.81. The van der Waals surface area contributed by atoms with Gasteiger partial charge in [-0.05, 0) is 20.8 Å². The summed E-state index contributed by atoms with van der Waals surface area (Å²) >= 11 is 0. The Hall–Kier alpha value is -1.43. The predicted molar refractivity (Wildman–Crippen MR) is 49.9 cm³/mol. The number of hydrogen-bond donors (Lipinski definition) is 1. The molecule has 0 saturated heterocycles. The van der Waals surface area contributed by atoms with Gasteiger partial charge in [-0.25, -0.2) is 0 Å². The van der Waals surface area contributed by atoms with Crippen molar-refractivity contribution in [1.29, 1.82) is 0 Å². The molecule has 14 heavy (non-hydrogen) atoms. The van der Waals surface area contributed by atoms with Crippen LogP contribution in [0, 0.1) is 17.0 Å². The third-order valence-electron chi connectivity index (χ3n) is 1.81. The molecule has 0 aliphatic carbocycles. The van der Waals surface area contributed by atoms with Crippen LogP contribution < -0.4 is 0 Å². The summed E-state index contributed by atoms with van der Waals surface area (Å²) in [6, 6.07) is 0. The van der Waals surface area contributed by atoms with Gasteiger partial charge in [0.05, 0.1) is 17.1 Å². The van der Waals surface area contributed by atoms with Gasteiger partial charge in [-0.15, -0.1) is 0 Å². The van der Waals surface area contributed by atoms with Gasteiger partial charge < -0.3 is 5.11 Å². The zero-order valence-corrected chi connectivity index (χ0v) is 8.39. The second-order valence-electron chi connectivity index (χ2n) is 3.84. The molecule has 0 saturated carbocycles. The van der Waals surface area contributed by atoms with Gasteiger partial charge in [-0.1, -0.05) is 0 Å². The molecule has 0 radical (unpaired) electrons. The number of aromatic nitrogens is 2. The molecule has 6 heteroatoms. The molecule has 0 atom stereocenters. The molecule has 1 aromatic rings. The van der Waals surface area contributed by atoms with E-state index in [0.29, 0.717) is 5.69 Å². The van der Waals surface area contributed by atoms with E-state index in [2.05, 4.69) is 5.10 Å². The second-order valence-corrected chi connectivity index (χ2v) is 3.84. The monoisotopic (exact) mass is 199 g/mol. The van der Waals surface area contributed by atoms with Crippen LogP contribution in [-0.4, -0.2) is 25.4 Å². The van der Waals surface area contributed by atoms with E-state index in [1.165, 1.54) is 10.9 Å². The van der Waals surface area contributed by atoms with Gasteiger partial charge in [0.25, 0.3) is 0 Å². The first kappa shape index (κ1) is 10.6. The smallest absolute Gasteiger partial charge is 0.309 e. The van der Waals surface area contributed by atoms with Gasteiger partial charge in [0, 0.05) is 0 Å². The Morgan fingerprint density at radius 2 is 2.29 bits per heavy atom. The van der Waals surface area contributed by atoms with E-state index in [1.54, 1.807) is 20.8 Å². The normalized spacial score (nSPS) is 11.7. The maximum atomic E-state index is 10.5. The van der Waals surface area contributed by atoms with E-state index in [0.717, 1.165) is 0 Å². The highest BCUT2D eigenvalue weighted by Gasteiger charge is 2.20. The minimum Gasteiger partial charge on any atom is -0.389 e. The molecule has 0 amide bonds. The van der Waals surface area contributed by atoms with E-state index in [9.17, 15) is 15.2 Å². The molecule has 0 aromatic carbocycles. The van der Waals surface area contributed by atoms with Crippen LogP contribution in [0.25, 0.3) is 0 Å². The molecule has 1 N–H and O–H groups in total. The van der Waals surface area contributed by atoms with Crippen molar-refractivity contribution in [3.05, 3.63) is 22.0 Å². The highest BCUT2D eigenvalue weighted by Crippen LogP contribution is 2.17. The van der Waals surface area contributed by atoms with Crippen molar-refractivity contribution < 1.29 is 10.0 Å². The molecule has 0 fully saturated rings. The van der Waals surface area contributed by atoms with Crippen LogP contribution >= 0.6 is 0 Å². The molecule has 78 valence electrons. The largest absolute Gasteiger partial charge is 0.389 e. The molecular weight excluding hydrogens is 186 g/mol. The Morgan fingerprint density at radius 3 is 2.64 bits per heavy atom. The van der Waals surface area contributed by atoms with Crippen LogP contribution in [0.3, 0.4) is 0 Å². The highest BCUT2D eigenvalue weighted by molar-refractivity contribution is 5.31. The SMILES string of the molecule is Cc1c([N+](=O)[O-])cnn1CC(C)(C)O. The third kappa shape index (κ3) is 2.29. The lowest BCUT2D eigenvalue weighted by Gasteiger charge is -2.17. The molecule has 0 aliphatic heterocycles. The van der Waals surface area contributed by atoms with Gasteiger partial charge in [0.2, 0.25) is 0 Å². The Bertz CT molecular complexity index is 351. The van der Waals surface area contributed by atoms with Crippen LogP contribution in [0.1, 0.15) is 19.5 Å². The average Bonchev–Trinajstić information content (AvgIpc) is 2.29. The van der Waals surface area contributed by atoms with Crippen LogP contribution in [-0.2, 0) is 6.54 Å². The molecule has 0 aliphatic rings. The zero-order valence-electron chi connectivity index (χ0n) is 8.39. The van der Waals surface area contributed by atoms with Crippen molar-refractivity contribution >= 4 is 5.69 Å². The number of hydrogen-bond acceptors (Lipinski definition) is 4. The van der Waals surface area contributed by atoms with Gasteiger partial charge in [-0.2, -0.15) is 5.10 Å². The van der Waals surface area contributed by atoms with E-state index in [-0.39, 0.29) is 12.2 Å². The Kier molecular flexibility index (Phi) is 2.57. The van der Waals surface area contributed by atoms with Crippen LogP contribution in [0.5, 0.6) is 0 Å². The number of aliphatic hydroxyl groups is 1. The summed E-state index contributed by atoms with van der Waals surface area (Å²) in [5.41, 5.74) is -0.489. The average molecular weight is 199 g/mol. The summed E-state index contributed by atoms with van der Waals surface area (Å²) in [7, 11) is 0. The lowest BCUT2D eigenvalue weighted by Crippen LogP contribution is -2.27. The first-order valence-electron chi connectivity index (χ1n) is 4.20. The van der Waals surface area contributed by atoms with Gasteiger partial charge in [0.1, 0.15) is 11.9 Å². The van der Waals surface area contributed by atoms with Crippen LogP contribution in [0.4, 0.5) is 5.69 Å². The maximum absolute atomic E-state index is 10.5. The summed E-state index contributed by atoms with van der Waals surface area (Å²) < 4.78 is 1.43. The maximum Gasteiger partial charge on any atom is 0.309 e. The van der Waals surface area contributed by atoms with Gasteiger partial charge in [-0.3, -0.25) is 14.8 Å². The fraction of sp³-hybridized carbons (Fsp3) is 0.625. The number of nitrogens with zero attached hydrogens (tertiary/aromatic N) is 3. The molecule has 1 aromatic heterocycles. The van der Waals surface area contributed by atoms with Crippen molar-refractivity contribution in [3.8, 4) is 0 Å². The Labute approximate surface area is 81.3 Å². The van der Waals surface area contributed by atoms with E-state index >= 15 is 0 Å². The van der Waals surface area contributed by atoms with Crippen molar-refractivity contribution in [2.24, 2.45) is 0 Å². The zero-order chi connectivity index (χ0) is 10.9. The van der Waals surface area contributed by atoms with Gasteiger partial charge in [0.15, 0.2) is 0 Å². The quantitative estimate of drug-likeness (QED) is 0.578. The Balaban J connectivity index is 2.96.